The second-order valence-electron chi connectivity index (χ2n) is 9.75. The van der Waals surface area contributed by atoms with E-state index in [-0.39, 0.29) is 70.6 Å². The Morgan fingerprint density at radius 3 is 2.54 bits per heavy atom. The third-order valence-corrected chi connectivity index (χ3v) is 8.92. The van der Waals surface area contributed by atoms with Crippen LogP contribution < -0.4 is 10.6 Å². The molecule has 1 amide bonds. The first-order chi connectivity index (χ1) is 18.4. The molecule has 39 heavy (non-hydrogen) atoms. The lowest BCUT2D eigenvalue weighted by atomic mass is 10.0. The van der Waals surface area contributed by atoms with Gasteiger partial charge >= 0.3 is 11.9 Å². The summed E-state index contributed by atoms with van der Waals surface area (Å²) in [7, 11) is 0. The quantitative estimate of drug-likeness (QED) is 0.316. The highest BCUT2D eigenvalue weighted by Crippen LogP contribution is 2.47. The molecule has 3 aromatic rings. The largest absolute Gasteiger partial charge is 0.417 e. The lowest BCUT2D eigenvalue weighted by Gasteiger charge is -2.44. The number of hydrogen-bond donors (Lipinski definition) is 0. The van der Waals surface area contributed by atoms with E-state index in [1.165, 1.54) is 29.1 Å². The normalized spacial score (nSPS) is 21.7. The van der Waals surface area contributed by atoms with Crippen LogP contribution in [0.1, 0.15) is 30.9 Å². The van der Waals surface area contributed by atoms with Crippen LogP contribution in [0.2, 0.25) is 5.02 Å². The molecule has 0 bridgehead atoms. The summed E-state index contributed by atoms with van der Waals surface area (Å²) in [5.74, 6) is -1.08. The number of carbonyl (C=O) groups excluding carboxylic acids is 1. The van der Waals surface area contributed by atoms with Gasteiger partial charge in [0.25, 0.3) is 0 Å². The van der Waals surface area contributed by atoms with E-state index in [2.05, 4.69) is 16.5 Å². The Hall–Kier alpha value is -3.12. The molecule has 3 atom stereocenters. The van der Waals surface area contributed by atoms with E-state index in [4.69, 9.17) is 11.6 Å². The average molecular weight is 582 g/mol. The van der Waals surface area contributed by atoms with Gasteiger partial charge in [-0.05, 0) is 32.1 Å². The highest BCUT2D eigenvalue weighted by Gasteiger charge is 2.39. The monoisotopic (exact) mass is 581 g/mol. The van der Waals surface area contributed by atoms with Gasteiger partial charge in [-0.2, -0.15) is 18.2 Å². The van der Waals surface area contributed by atoms with E-state index in [0.717, 1.165) is 17.8 Å². The summed E-state index contributed by atoms with van der Waals surface area (Å²) in [6, 6.07) is 1.48. The van der Waals surface area contributed by atoms with Crippen LogP contribution in [0, 0.1) is 5.82 Å². The van der Waals surface area contributed by atoms with Crippen molar-refractivity contribution in [2.24, 2.45) is 0 Å². The Balaban J connectivity index is 1.71. The summed E-state index contributed by atoms with van der Waals surface area (Å²) >= 11 is 7.40. The minimum atomic E-state index is -4.77. The van der Waals surface area contributed by atoms with Crippen molar-refractivity contribution in [2.45, 2.75) is 49.5 Å². The van der Waals surface area contributed by atoms with E-state index in [1.54, 1.807) is 9.80 Å². The van der Waals surface area contributed by atoms with E-state index in [0.29, 0.717) is 0 Å². The third kappa shape index (κ3) is 4.77. The van der Waals surface area contributed by atoms with Crippen molar-refractivity contribution in [3.8, 4) is 0 Å². The molecular weight excluding hydrogens is 558 g/mol. The third-order valence-electron chi connectivity index (χ3n) is 7.16. The fourth-order valence-electron chi connectivity index (χ4n) is 5.49. The second-order valence-corrected chi connectivity index (χ2v) is 11.2. The summed E-state index contributed by atoms with van der Waals surface area (Å²) in [6.45, 7) is 7.64. The zero-order chi connectivity index (χ0) is 28.2. The van der Waals surface area contributed by atoms with Gasteiger partial charge in [-0.25, -0.2) is 9.18 Å². The Bertz CT molecular complexity index is 1530. The standard InChI is InChI=1S/C26H24ClF4N5O2S/c1-4-20(37)36-13(2)9-34(10-14(36)3)24-16-7-18(26(29,30)31)21(27)23-22(16)35(25(38)33-24)11-15(12-39-23)17-8-32-6-5-19(17)28/h4-8,13-15H,1,9-12H2,2-3H3/t13-,14+,15-/m0/s1. The van der Waals surface area contributed by atoms with E-state index in [9.17, 15) is 27.2 Å². The lowest BCUT2D eigenvalue weighted by Crippen LogP contribution is -2.58. The number of aromatic nitrogens is 3. The van der Waals surface area contributed by atoms with Crippen molar-refractivity contribution < 1.29 is 22.4 Å². The van der Waals surface area contributed by atoms with Crippen LogP contribution in [-0.2, 0) is 17.5 Å². The Kier molecular flexibility index (Phi) is 7.13. The molecule has 0 spiro atoms. The number of rotatable bonds is 3. The highest BCUT2D eigenvalue weighted by molar-refractivity contribution is 7.99. The zero-order valence-corrected chi connectivity index (χ0v) is 22.6. The average Bonchev–Trinajstić information content (AvgIpc) is 3.08. The number of amides is 1. The minimum Gasteiger partial charge on any atom is -0.352 e. The fourth-order valence-corrected chi connectivity index (χ4v) is 7.15. The van der Waals surface area contributed by atoms with Crippen LogP contribution in [0.3, 0.4) is 0 Å². The van der Waals surface area contributed by atoms with Crippen LogP contribution in [0.5, 0.6) is 0 Å². The highest BCUT2D eigenvalue weighted by atomic mass is 35.5. The SMILES string of the molecule is C=CC(=O)N1[C@H](C)CN(c2nc(=O)n3c4c(c(Cl)c(C(F)(F)F)cc24)SC[C@@H](c2cnccc2F)C3)C[C@@H]1C. The molecule has 5 rings (SSSR count). The number of thioether (sulfide) groups is 1. The number of halogens is 5. The van der Waals surface area contributed by atoms with Gasteiger partial charge in [0.1, 0.15) is 11.6 Å². The molecule has 1 aromatic carbocycles. The predicted molar refractivity (Wildman–Crippen MR) is 142 cm³/mol. The van der Waals surface area contributed by atoms with E-state index < -0.39 is 34.2 Å². The molecule has 0 aliphatic carbocycles. The summed E-state index contributed by atoms with van der Waals surface area (Å²) in [6.07, 6.45) is -0.891. The molecule has 7 nitrogen and oxygen atoms in total. The molecule has 0 saturated carbocycles. The lowest BCUT2D eigenvalue weighted by molar-refractivity contribution is -0.137. The molecule has 2 aliphatic rings. The Morgan fingerprint density at radius 2 is 1.92 bits per heavy atom. The van der Waals surface area contributed by atoms with Gasteiger partial charge in [-0.3, -0.25) is 14.3 Å². The first-order valence-electron chi connectivity index (χ1n) is 12.2. The molecular formula is C26H24ClF4N5O2S. The Labute approximate surface area is 230 Å². The number of alkyl halides is 3. The van der Waals surface area contributed by atoms with Crippen LogP contribution >= 0.6 is 23.4 Å². The molecule has 4 heterocycles. The van der Waals surface area contributed by atoms with Crippen molar-refractivity contribution in [1.29, 1.82) is 0 Å². The van der Waals surface area contributed by atoms with Gasteiger partial charge in [0.05, 0.1) is 21.0 Å². The number of pyridine rings is 1. The number of hydrogen-bond acceptors (Lipinski definition) is 6. The molecule has 0 N–H and O–H groups in total. The van der Waals surface area contributed by atoms with Gasteiger partial charge in [-0.1, -0.05) is 18.2 Å². The predicted octanol–water partition coefficient (Wildman–Crippen LogP) is 5.10. The van der Waals surface area contributed by atoms with Gasteiger partial charge in [0, 0.05) is 66.7 Å². The topological polar surface area (TPSA) is 71.3 Å². The summed E-state index contributed by atoms with van der Waals surface area (Å²) in [5.41, 5.74) is -1.25. The van der Waals surface area contributed by atoms with Crippen molar-refractivity contribution in [3.05, 3.63) is 69.6 Å². The first kappa shape index (κ1) is 27.4. The van der Waals surface area contributed by atoms with Crippen molar-refractivity contribution >= 4 is 46.0 Å². The maximum absolute atomic E-state index is 14.7. The molecule has 2 aromatic heterocycles. The van der Waals surface area contributed by atoms with E-state index in [1.807, 2.05) is 13.8 Å². The van der Waals surface area contributed by atoms with Gasteiger partial charge in [0.2, 0.25) is 5.91 Å². The van der Waals surface area contributed by atoms with Crippen LogP contribution in [0.15, 0.2) is 46.9 Å². The molecule has 0 unspecified atom stereocenters. The fraction of sp³-hybridized carbons (Fsp3) is 0.385. The molecule has 206 valence electrons. The van der Waals surface area contributed by atoms with Crippen molar-refractivity contribution in [1.82, 2.24) is 19.4 Å². The number of anilines is 1. The molecule has 0 radical (unpaired) electrons. The Morgan fingerprint density at radius 1 is 1.23 bits per heavy atom. The number of benzene rings is 1. The number of nitrogens with zero attached hydrogens (tertiary/aromatic N) is 5. The summed E-state index contributed by atoms with van der Waals surface area (Å²) in [4.78, 5) is 37.6. The minimum absolute atomic E-state index is 0.0126. The van der Waals surface area contributed by atoms with Gasteiger partial charge in [-0.15, -0.1) is 11.8 Å². The van der Waals surface area contributed by atoms with Crippen molar-refractivity contribution in [3.63, 3.8) is 0 Å². The second kappa shape index (κ2) is 10.1. The maximum atomic E-state index is 14.7. The molecule has 1 saturated heterocycles. The summed E-state index contributed by atoms with van der Waals surface area (Å²) < 4.78 is 58.4. The van der Waals surface area contributed by atoms with Gasteiger partial charge < -0.3 is 9.80 Å². The maximum Gasteiger partial charge on any atom is 0.417 e. The number of carbonyl (C=O) groups is 1. The van der Waals surface area contributed by atoms with E-state index >= 15 is 0 Å². The van der Waals surface area contributed by atoms with Crippen molar-refractivity contribution in [2.75, 3.05) is 23.7 Å². The van der Waals surface area contributed by atoms with Crippen LogP contribution in [0.4, 0.5) is 23.4 Å². The van der Waals surface area contributed by atoms with Crippen LogP contribution in [0.25, 0.3) is 10.9 Å². The molecule has 2 aliphatic heterocycles. The smallest absolute Gasteiger partial charge is 0.352 e. The summed E-state index contributed by atoms with van der Waals surface area (Å²) in [5, 5.41) is -0.398. The van der Waals surface area contributed by atoms with Crippen LogP contribution in [-0.4, -0.2) is 56.3 Å². The molecule has 13 heteroatoms. The zero-order valence-electron chi connectivity index (χ0n) is 21.0. The first-order valence-corrected chi connectivity index (χ1v) is 13.5. The number of piperazine rings is 1. The molecule has 1 fully saturated rings. The van der Waals surface area contributed by atoms with Gasteiger partial charge in [0.15, 0.2) is 0 Å².